The standard InChI is InChI=1S/C12H10N2O3/c1-8-5-11(12(15)13-7-8)9-3-2-4-10(6-9)14(16)17/h2-7H,1H3,(H,13,15). The van der Waals surface area contributed by atoms with Gasteiger partial charge in [0.15, 0.2) is 0 Å². The quantitative estimate of drug-likeness (QED) is 0.635. The van der Waals surface area contributed by atoms with E-state index in [2.05, 4.69) is 4.98 Å². The second kappa shape index (κ2) is 4.21. The molecule has 5 heteroatoms. The molecule has 2 aromatic rings. The van der Waals surface area contributed by atoms with Crippen molar-refractivity contribution < 1.29 is 4.92 Å². The Morgan fingerprint density at radius 2 is 2.06 bits per heavy atom. The van der Waals surface area contributed by atoms with Gasteiger partial charge in [0.2, 0.25) is 0 Å². The molecule has 0 saturated carbocycles. The lowest BCUT2D eigenvalue weighted by atomic mass is 10.1. The smallest absolute Gasteiger partial charge is 0.270 e. The van der Waals surface area contributed by atoms with Gasteiger partial charge in [-0.1, -0.05) is 12.1 Å². The molecule has 0 fully saturated rings. The van der Waals surface area contributed by atoms with Crippen LogP contribution >= 0.6 is 0 Å². The number of nitro benzene ring substituents is 1. The van der Waals surface area contributed by atoms with E-state index in [-0.39, 0.29) is 11.2 Å². The summed E-state index contributed by atoms with van der Waals surface area (Å²) in [6, 6.07) is 7.74. The highest BCUT2D eigenvalue weighted by Crippen LogP contribution is 2.21. The molecule has 2 rings (SSSR count). The molecular weight excluding hydrogens is 220 g/mol. The normalized spacial score (nSPS) is 10.2. The van der Waals surface area contributed by atoms with Gasteiger partial charge in [-0.05, 0) is 24.1 Å². The fraction of sp³-hybridized carbons (Fsp3) is 0.0833. The predicted octanol–water partition coefficient (Wildman–Crippen LogP) is 2.26. The van der Waals surface area contributed by atoms with E-state index in [0.29, 0.717) is 11.1 Å². The molecule has 0 radical (unpaired) electrons. The molecule has 1 aromatic heterocycles. The van der Waals surface area contributed by atoms with Crippen LogP contribution in [0.15, 0.2) is 41.3 Å². The van der Waals surface area contributed by atoms with E-state index in [1.807, 2.05) is 6.92 Å². The Balaban J connectivity index is 2.60. The summed E-state index contributed by atoms with van der Waals surface area (Å²) >= 11 is 0. The topological polar surface area (TPSA) is 76.0 Å². The van der Waals surface area contributed by atoms with Gasteiger partial charge in [-0.2, -0.15) is 0 Å². The van der Waals surface area contributed by atoms with Crippen molar-refractivity contribution in [2.24, 2.45) is 0 Å². The molecule has 17 heavy (non-hydrogen) atoms. The summed E-state index contributed by atoms with van der Waals surface area (Å²) in [7, 11) is 0. The average Bonchev–Trinajstić information content (AvgIpc) is 2.32. The van der Waals surface area contributed by atoms with Crippen molar-refractivity contribution in [1.29, 1.82) is 0 Å². The van der Waals surface area contributed by atoms with Crippen molar-refractivity contribution in [3.63, 3.8) is 0 Å². The molecule has 0 atom stereocenters. The molecule has 0 aliphatic carbocycles. The van der Waals surface area contributed by atoms with E-state index in [1.165, 1.54) is 12.1 Å². The highest BCUT2D eigenvalue weighted by Gasteiger charge is 2.09. The maximum Gasteiger partial charge on any atom is 0.270 e. The van der Waals surface area contributed by atoms with E-state index in [1.54, 1.807) is 24.4 Å². The Labute approximate surface area is 96.9 Å². The number of aryl methyl sites for hydroxylation is 1. The Kier molecular flexibility index (Phi) is 2.74. The third-order valence-electron chi connectivity index (χ3n) is 2.42. The maximum absolute atomic E-state index is 11.6. The van der Waals surface area contributed by atoms with Crippen LogP contribution in [0.1, 0.15) is 5.56 Å². The highest BCUT2D eigenvalue weighted by molar-refractivity contribution is 5.65. The predicted molar refractivity (Wildman–Crippen MR) is 63.9 cm³/mol. The number of nitro groups is 1. The lowest BCUT2D eigenvalue weighted by molar-refractivity contribution is -0.384. The number of pyridine rings is 1. The average molecular weight is 230 g/mol. The van der Waals surface area contributed by atoms with Crippen LogP contribution in [0.2, 0.25) is 0 Å². The zero-order chi connectivity index (χ0) is 12.4. The van der Waals surface area contributed by atoms with Gasteiger partial charge in [0, 0.05) is 23.9 Å². The van der Waals surface area contributed by atoms with E-state index >= 15 is 0 Å². The van der Waals surface area contributed by atoms with Crippen molar-refractivity contribution in [2.75, 3.05) is 0 Å². The molecule has 0 aliphatic rings. The summed E-state index contributed by atoms with van der Waals surface area (Å²) in [5, 5.41) is 10.7. The lowest BCUT2D eigenvalue weighted by Crippen LogP contribution is -2.08. The first-order valence-corrected chi connectivity index (χ1v) is 5.02. The molecule has 0 saturated heterocycles. The Bertz CT molecular complexity index is 632. The summed E-state index contributed by atoms with van der Waals surface area (Å²) < 4.78 is 0. The molecule has 1 aromatic carbocycles. The van der Waals surface area contributed by atoms with Crippen molar-refractivity contribution in [2.45, 2.75) is 6.92 Å². The van der Waals surface area contributed by atoms with Gasteiger partial charge >= 0.3 is 0 Å². The Morgan fingerprint density at radius 1 is 1.29 bits per heavy atom. The van der Waals surface area contributed by atoms with E-state index in [9.17, 15) is 14.9 Å². The molecule has 0 spiro atoms. The first-order valence-electron chi connectivity index (χ1n) is 5.02. The van der Waals surface area contributed by atoms with Gasteiger partial charge in [0.1, 0.15) is 0 Å². The van der Waals surface area contributed by atoms with E-state index < -0.39 is 4.92 Å². The molecule has 0 amide bonds. The fourth-order valence-electron chi connectivity index (χ4n) is 1.59. The van der Waals surface area contributed by atoms with Gasteiger partial charge in [-0.3, -0.25) is 14.9 Å². The van der Waals surface area contributed by atoms with Gasteiger partial charge in [-0.25, -0.2) is 0 Å². The van der Waals surface area contributed by atoms with Crippen LogP contribution in [0.3, 0.4) is 0 Å². The Hall–Kier alpha value is -2.43. The summed E-state index contributed by atoms with van der Waals surface area (Å²) in [5.74, 6) is 0. The highest BCUT2D eigenvalue weighted by atomic mass is 16.6. The second-order valence-corrected chi connectivity index (χ2v) is 3.73. The van der Waals surface area contributed by atoms with Crippen LogP contribution in [-0.4, -0.2) is 9.91 Å². The van der Waals surface area contributed by atoms with Gasteiger partial charge in [-0.15, -0.1) is 0 Å². The first kappa shape index (κ1) is 11.1. The summed E-state index contributed by atoms with van der Waals surface area (Å²) in [6.45, 7) is 1.84. The maximum atomic E-state index is 11.6. The number of hydrogen-bond donors (Lipinski definition) is 1. The monoisotopic (exact) mass is 230 g/mol. The third-order valence-corrected chi connectivity index (χ3v) is 2.42. The summed E-state index contributed by atoms with van der Waals surface area (Å²) in [4.78, 5) is 24.4. The van der Waals surface area contributed by atoms with E-state index in [4.69, 9.17) is 0 Å². The zero-order valence-corrected chi connectivity index (χ0v) is 9.14. The van der Waals surface area contributed by atoms with Gasteiger partial charge in [0.25, 0.3) is 11.2 Å². The molecule has 86 valence electrons. The summed E-state index contributed by atoms with van der Waals surface area (Å²) in [6.07, 6.45) is 1.60. The second-order valence-electron chi connectivity index (χ2n) is 3.73. The number of aromatic nitrogens is 1. The van der Waals surface area contributed by atoms with E-state index in [0.717, 1.165) is 5.56 Å². The van der Waals surface area contributed by atoms with Crippen molar-refractivity contribution in [3.05, 3.63) is 62.6 Å². The number of H-pyrrole nitrogens is 1. The molecule has 1 N–H and O–H groups in total. The molecule has 0 aliphatic heterocycles. The largest absolute Gasteiger partial charge is 0.328 e. The molecule has 0 unspecified atom stereocenters. The van der Waals surface area contributed by atoms with Crippen LogP contribution in [0, 0.1) is 17.0 Å². The molecule has 0 bridgehead atoms. The van der Waals surface area contributed by atoms with Crippen molar-refractivity contribution in [1.82, 2.24) is 4.98 Å². The zero-order valence-electron chi connectivity index (χ0n) is 9.14. The van der Waals surface area contributed by atoms with Crippen LogP contribution < -0.4 is 5.56 Å². The molecule has 5 nitrogen and oxygen atoms in total. The number of benzene rings is 1. The van der Waals surface area contributed by atoms with Crippen LogP contribution in [0.25, 0.3) is 11.1 Å². The van der Waals surface area contributed by atoms with Gasteiger partial charge in [0.05, 0.1) is 4.92 Å². The minimum absolute atomic E-state index is 0.0246. The fourth-order valence-corrected chi connectivity index (χ4v) is 1.59. The van der Waals surface area contributed by atoms with Crippen molar-refractivity contribution >= 4 is 5.69 Å². The third kappa shape index (κ3) is 2.23. The van der Waals surface area contributed by atoms with Crippen LogP contribution in [-0.2, 0) is 0 Å². The van der Waals surface area contributed by atoms with Crippen LogP contribution in [0.5, 0.6) is 0 Å². The number of nitrogens with zero attached hydrogens (tertiary/aromatic N) is 1. The number of aromatic amines is 1. The molecule has 1 heterocycles. The SMILES string of the molecule is Cc1c[nH]c(=O)c(-c2cccc([N+](=O)[O-])c2)c1. The molecular formula is C12H10N2O3. The minimum Gasteiger partial charge on any atom is -0.328 e. The number of hydrogen-bond acceptors (Lipinski definition) is 3. The first-order chi connectivity index (χ1) is 8.08. The van der Waals surface area contributed by atoms with Crippen molar-refractivity contribution in [3.8, 4) is 11.1 Å². The number of rotatable bonds is 2. The number of non-ortho nitro benzene ring substituents is 1. The van der Waals surface area contributed by atoms with Gasteiger partial charge < -0.3 is 4.98 Å². The lowest BCUT2D eigenvalue weighted by Gasteiger charge is -2.01. The summed E-state index contributed by atoms with van der Waals surface area (Å²) in [5.41, 5.74) is 1.60. The van der Waals surface area contributed by atoms with Crippen LogP contribution in [0.4, 0.5) is 5.69 Å². The minimum atomic E-state index is -0.479. The number of nitrogens with one attached hydrogen (secondary N) is 1. The Morgan fingerprint density at radius 3 is 2.76 bits per heavy atom.